The molecule has 6 nitrogen and oxygen atoms in total. The molecule has 0 saturated carbocycles. The summed E-state index contributed by atoms with van der Waals surface area (Å²) in [6, 6.07) is 9.35. The number of anilines is 1. The van der Waals surface area contributed by atoms with Gasteiger partial charge in [0.05, 0.1) is 9.92 Å². The fourth-order valence-electron chi connectivity index (χ4n) is 1.98. The summed E-state index contributed by atoms with van der Waals surface area (Å²) in [5.41, 5.74) is 0.405. The van der Waals surface area contributed by atoms with Crippen LogP contribution < -0.4 is 10.0 Å². The van der Waals surface area contributed by atoms with E-state index in [4.69, 9.17) is 11.6 Å². The zero-order valence-electron chi connectivity index (χ0n) is 13.5. The lowest BCUT2D eigenvalue weighted by molar-refractivity contribution is -0.117. The highest BCUT2D eigenvalue weighted by molar-refractivity contribution is 7.90. The Bertz CT molecular complexity index is 953. The zero-order valence-corrected chi connectivity index (χ0v) is 15.1. The third-order valence-electron chi connectivity index (χ3n) is 3.11. The monoisotopic (exact) mass is 396 g/mol. The number of rotatable bonds is 5. The lowest BCUT2D eigenvalue weighted by Gasteiger charge is -2.06. The summed E-state index contributed by atoms with van der Waals surface area (Å²) in [7, 11) is -3.94. The van der Waals surface area contributed by atoms with Crippen molar-refractivity contribution in [2.24, 2.45) is 0 Å². The van der Waals surface area contributed by atoms with Crippen LogP contribution in [0.1, 0.15) is 12.5 Å². The Hall–Kier alpha value is -2.71. The minimum absolute atomic E-state index is 0.0843. The van der Waals surface area contributed by atoms with E-state index < -0.39 is 27.7 Å². The molecule has 0 heterocycles. The molecule has 136 valence electrons. The van der Waals surface area contributed by atoms with Crippen molar-refractivity contribution in [3.8, 4) is 0 Å². The topological polar surface area (TPSA) is 92.3 Å². The van der Waals surface area contributed by atoms with Crippen LogP contribution in [0.25, 0.3) is 6.08 Å². The van der Waals surface area contributed by atoms with E-state index in [-0.39, 0.29) is 15.5 Å². The molecule has 0 saturated heterocycles. The third-order valence-corrected chi connectivity index (χ3v) is 4.89. The van der Waals surface area contributed by atoms with E-state index >= 15 is 0 Å². The van der Waals surface area contributed by atoms with Crippen LogP contribution in [0.15, 0.2) is 53.4 Å². The smallest absolute Gasteiger partial charge is 0.264 e. The first kappa shape index (κ1) is 19.6. The van der Waals surface area contributed by atoms with Gasteiger partial charge in [-0.25, -0.2) is 17.5 Å². The molecule has 2 aromatic rings. The number of halogens is 2. The fourth-order valence-corrected chi connectivity index (χ4v) is 3.20. The van der Waals surface area contributed by atoms with Crippen molar-refractivity contribution >= 4 is 45.2 Å². The number of carbonyl (C=O) groups is 2. The van der Waals surface area contributed by atoms with Gasteiger partial charge in [0.2, 0.25) is 11.8 Å². The lowest BCUT2D eigenvalue weighted by Crippen LogP contribution is -2.28. The van der Waals surface area contributed by atoms with Gasteiger partial charge in [0.25, 0.3) is 10.0 Å². The molecule has 0 radical (unpaired) electrons. The second kappa shape index (κ2) is 8.11. The van der Waals surface area contributed by atoms with Crippen LogP contribution in [0, 0.1) is 5.82 Å². The molecule has 0 bridgehead atoms. The van der Waals surface area contributed by atoms with Gasteiger partial charge in [-0.2, -0.15) is 0 Å². The molecular weight excluding hydrogens is 383 g/mol. The molecule has 0 fully saturated rings. The van der Waals surface area contributed by atoms with Gasteiger partial charge >= 0.3 is 0 Å². The molecule has 2 amide bonds. The van der Waals surface area contributed by atoms with Gasteiger partial charge in [0, 0.05) is 24.3 Å². The average molecular weight is 397 g/mol. The van der Waals surface area contributed by atoms with E-state index in [0.29, 0.717) is 5.69 Å². The quantitative estimate of drug-likeness (QED) is 0.760. The number of hydrogen-bond donors (Lipinski definition) is 2. The van der Waals surface area contributed by atoms with Crippen LogP contribution in [0.5, 0.6) is 0 Å². The summed E-state index contributed by atoms with van der Waals surface area (Å²) in [4.78, 5) is 22.7. The average Bonchev–Trinajstić information content (AvgIpc) is 2.53. The normalized spacial score (nSPS) is 11.3. The largest absolute Gasteiger partial charge is 0.323 e. The molecule has 0 aliphatic heterocycles. The first-order valence-electron chi connectivity index (χ1n) is 7.25. The van der Waals surface area contributed by atoms with Crippen LogP contribution in [0.4, 0.5) is 10.1 Å². The first-order chi connectivity index (χ1) is 12.2. The molecule has 0 aromatic heterocycles. The Kier molecular flexibility index (Phi) is 6.12. The molecule has 2 aromatic carbocycles. The van der Waals surface area contributed by atoms with E-state index in [1.165, 1.54) is 48.5 Å². The number of carbonyl (C=O) groups excluding carboxylic acids is 2. The Balaban J connectivity index is 2.08. The summed E-state index contributed by atoms with van der Waals surface area (Å²) >= 11 is 5.86. The summed E-state index contributed by atoms with van der Waals surface area (Å²) in [6.45, 7) is 1.08. The molecule has 0 atom stereocenters. The van der Waals surface area contributed by atoms with Crippen LogP contribution in [0.2, 0.25) is 5.02 Å². The van der Waals surface area contributed by atoms with Crippen molar-refractivity contribution in [1.29, 1.82) is 0 Å². The number of hydrogen-bond acceptors (Lipinski definition) is 4. The summed E-state index contributed by atoms with van der Waals surface area (Å²) in [5.74, 6) is -1.82. The van der Waals surface area contributed by atoms with Crippen molar-refractivity contribution < 1.29 is 22.4 Å². The summed E-state index contributed by atoms with van der Waals surface area (Å²) in [6.07, 6.45) is 2.34. The second-order valence-corrected chi connectivity index (χ2v) is 7.23. The van der Waals surface area contributed by atoms with Crippen LogP contribution in [-0.2, 0) is 19.6 Å². The molecule has 0 unspecified atom stereocenters. The maximum absolute atomic E-state index is 13.6. The SMILES string of the molecule is CC(=O)NS(=O)(=O)c1ccc(NC(=O)/C=C/c2c(F)cccc2Cl)cc1. The van der Waals surface area contributed by atoms with E-state index in [0.717, 1.165) is 13.0 Å². The Morgan fingerprint density at radius 2 is 1.77 bits per heavy atom. The first-order valence-corrected chi connectivity index (χ1v) is 9.11. The number of sulfonamides is 1. The van der Waals surface area contributed by atoms with Gasteiger partial charge in [-0.15, -0.1) is 0 Å². The van der Waals surface area contributed by atoms with Crippen LogP contribution in [0.3, 0.4) is 0 Å². The lowest BCUT2D eigenvalue weighted by atomic mass is 10.2. The highest BCUT2D eigenvalue weighted by Gasteiger charge is 2.15. The predicted molar refractivity (Wildman–Crippen MR) is 96.5 cm³/mol. The van der Waals surface area contributed by atoms with Gasteiger partial charge in [-0.05, 0) is 42.5 Å². The van der Waals surface area contributed by atoms with E-state index in [9.17, 15) is 22.4 Å². The van der Waals surface area contributed by atoms with Crippen molar-refractivity contribution in [2.45, 2.75) is 11.8 Å². The molecule has 0 spiro atoms. The molecule has 0 aliphatic rings. The van der Waals surface area contributed by atoms with Gasteiger partial charge in [0.15, 0.2) is 0 Å². The van der Waals surface area contributed by atoms with E-state index in [1.54, 1.807) is 0 Å². The Morgan fingerprint density at radius 1 is 1.12 bits per heavy atom. The van der Waals surface area contributed by atoms with Crippen LogP contribution >= 0.6 is 11.6 Å². The molecular formula is C17H14ClFN2O4S. The Morgan fingerprint density at radius 3 is 2.35 bits per heavy atom. The van der Waals surface area contributed by atoms with E-state index in [1.807, 2.05) is 4.72 Å². The van der Waals surface area contributed by atoms with Gasteiger partial charge in [0.1, 0.15) is 5.82 Å². The summed E-state index contributed by atoms with van der Waals surface area (Å²) < 4.78 is 39.1. The van der Waals surface area contributed by atoms with E-state index in [2.05, 4.69) is 5.32 Å². The van der Waals surface area contributed by atoms with Crippen molar-refractivity contribution in [3.05, 3.63) is 64.9 Å². The van der Waals surface area contributed by atoms with Crippen LogP contribution in [-0.4, -0.2) is 20.2 Å². The van der Waals surface area contributed by atoms with Gasteiger partial charge in [-0.1, -0.05) is 17.7 Å². The van der Waals surface area contributed by atoms with Crippen molar-refractivity contribution in [3.63, 3.8) is 0 Å². The zero-order chi connectivity index (χ0) is 19.3. The molecule has 26 heavy (non-hydrogen) atoms. The number of nitrogens with one attached hydrogen (secondary N) is 2. The summed E-state index contributed by atoms with van der Waals surface area (Å²) in [5, 5.41) is 2.67. The molecule has 2 rings (SSSR count). The highest BCUT2D eigenvalue weighted by Crippen LogP contribution is 2.20. The third kappa shape index (κ3) is 5.14. The highest BCUT2D eigenvalue weighted by atomic mass is 35.5. The predicted octanol–water partition coefficient (Wildman–Crippen LogP) is 2.96. The second-order valence-electron chi connectivity index (χ2n) is 5.14. The number of amides is 2. The maximum Gasteiger partial charge on any atom is 0.264 e. The minimum Gasteiger partial charge on any atom is -0.323 e. The fraction of sp³-hybridized carbons (Fsp3) is 0.0588. The number of benzene rings is 2. The van der Waals surface area contributed by atoms with Gasteiger partial charge < -0.3 is 5.32 Å². The molecule has 2 N–H and O–H groups in total. The molecule has 9 heteroatoms. The van der Waals surface area contributed by atoms with Crippen molar-refractivity contribution in [1.82, 2.24) is 4.72 Å². The minimum atomic E-state index is -3.94. The Labute approximate surface area is 154 Å². The molecule has 0 aliphatic carbocycles. The van der Waals surface area contributed by atoms with Crippen molar-refractivity contribution in [2.75, 3.05) is 5.32 Å². The maximum atomic E-state index is 13.6. The standard InChI is InChI=1S/C17H14ClFN2O4S/c1-11(22)21-26(24,25)13-7-5-12(6-8-13)20-17(23)10-9-14-15(18)3-2-4-16(14)19/h2-10H,1H3,(H,20,23)(H,21,22)/b10-9+. The van der Waals surface area contributed by atoms with Gasteiger partial charge in [-0.3, -0.25) is 9.59 Å².